The molecule has 1 aliphatic heterocycles. The molecule has 1 unspecified atom stereocenters. The van der Waals surface area contributed by atoms with E-state index in [1.807, 2.05) is 20.3 Å². The number of nitrogens with one attached hydrogen (secondary N) is 1. The second-order valence-corrected chi connectivity index (χ2v) is 8.08. The molecule has 1 aliphatic rings. The van der Waals surface area contributed by atoms with E-state index in [4.69, 9.17) is 5.73 Å². The Morgan fingerprint density at radius 2 is 1.79 bits per heavy atom. The SMILES string of the molecule is CNCC(c1ccc(C(F)(F)F)cc1)N1CCN(c2ncnc(N)c2-c2cnn(C)c2)CC1. The number of aromatic nitrogens is 4. The molecule has 1 saturated heterocycles. The summed E-state index contributed by atoms with van der Waals surface area (Å²) in [6.45, 7) is 3.48. The first-order valence-electron chi connectivity index (χ1n) is 10.7. The number of aryl methyl sites for hydroxylation is 1. The lowest BCUT2D eigenvalue weighted by Gasteiger charge is -2.40. The third-order valence-electron chi connectivity index (χ3n) is 5.92. The van der Waals surface area contributed by atoms with E-state index in [0.717, 1.165) is 47.7 Å². The topological polar surface area (TPSA) is 88.1 Å². The van der Waals surface area contributed by atoms with Gasteiger partial charge in [-0.2, -0.15) is 18.3 Å². The van der Waals surface area contributed by atoms with Crippen molar-refractivity contribution < 1.29 is 13.2 Å². The van der Waals surface area contributed by atoms with E-state index in [9.17, 15) is 13.2 Å². The average molecular weight is 461 g/mol. The zero-order valence-corrected chi connectivity index (χ0v) is 18.5. The van der Waals surface area contributed by atoms with E-state index in [0.29, 0.717) is 25.5 Å². The maximum absolute atomic E-state index is 13.0. The number of piperazine rings is 1. The van der Waals surface area contributed by atoms with Crippen LogP contribution in [-0.2, 0) is 13.2 Å². The number of rotatable bonds is 6. The molecule has 176 valence electrons. The number of nitrogen functional groups attached to an aromatic ring is 1. The first-order chi connectivity index (χ1) is 15.8. The molecular formula is C22H27F3N8. The van der Waals surface area contributed by atoms with Crippen LogP contribution in [0.25, 0.3) is 11.1 Å². The van der Waals surface area contributed by atoms with Gasteiger partial charge in [0.05, 0.1) is 17.3 Å². The number of likely N-dealkylation sites (N-methyl/N-ethyl adjacent to an activating group) is 1. The molecular weight excluding hydrogens is 433 g/mol. The molecule has 11 heteroatoms. The smallest absolute Gasteiger partial charge is 0.383 e. The highest BCUT2D eigenvalue weighted by Gasteiger charge is 2.31. The van der Waals surface area contributed by atoms with Crippen LogP contribution in [0.4, 0.5) is 24.8 Å². The Morgan fingerprint density at radius 3 is 2.36 bits per heavy atom. The van der Waals surface area contributed by atoms with E-state index in [2.05, 4.69) is 30.2 Å². The van der Waals surface area contributed by atoms with Crippen molar-refractivity contribution in [3.63, 3.8) is 0 Å². The summed E-state index contributed by atoms with van der Waals surface area (Å²) in [6, 6.07) is 5.41. The van der Waals surface area contributed by atoms with Gasteiger partial charge < -0.3 is 16.0 Å². The summed E-state index contributed by atoms with van der Waals surface area (Å²) in [6.07, 6.45) is 0.738. The first kappa shape index (κ1) is 23.0. The zero-order chi connectivity index (χ0) is 23.6. The van der Waals surface area contributed by atoms with Crippen molar-refractivity contribution in [2.75, 3.05) is 50.4 Å². The summed E-state index contributed by atoms with van der Waals surface area (Å²) in [7, 11) is 3.68. The molecule has 1 fully saturated rings. The Bertz CT molecular complexity index is 1070. The fourth-order valence-electron chi connectivity index (χ4n) is 4.25. The van der Waals surface area contributed by atoms with Crippen molar-refractivity contribution in [2.45, 2.75) is 12.2 Å². The summed E-state index contributed by atoms with van der Waals surface area (Å²) >= 11 is 0. The fourth-order valence-corrected chi connectivity index (χ4v) is 4.25. The number of halogens is 3. The van der Waals surface area contributed by atoms with Crippen LogP contribution in [0, 0.1) is 0 Å². The number of nitrogens with zero attached hydrogens (tertiary/aromatic N) is 6. The van der Waals surface area contributed by atoms with Crippen molar-refractivity contribution in [1.29, 1.82) is 0 Å². The molecule has 3 aromatic rings. The molecule has 4 rings (SSSR count). The lowest BCUT2D eigenvalue weighted by molar-refractivity contribution is -0.137. The van der Waals surface area contributed by atoms with Crippen LogP contribution in [-0.4, -0.2) is 64.4 Å². The predicted octanol–water partition coefficient (Wildman–Crippen LogP) is 2.56. The van der Waals surface area contributed by atoms with Crippen LogP contribution in [0.3, 0.4) is 0 Å². The second kappa shape index (κ2) is 9.36. The third-order valence-corrected chi connectivity index (χ3v) is 5.92. The Balaban J connectivity index is 1.52. The van der Waals surface area contributed by atoms with Crippen molar-refractivity contribution in [3.8, 4) is 11.1 Å². The quantitative estimate of drug-likeness (QED) is 0.585. The molecule has 33 heavy (non-hydrogen) atoms. The Hall–Kier alpha value is -3.18. The van der Waals surface area contributed by atoms with Crippen molar-refractivity contribution in [1.82, 2.24) is 30.0 Å². The lowest BCUT2D eigenvalue weighted by atomic mass is 10.0. The van der Waals surface area contributed by atoms with E-state index >= 15 is 0 Å². The number of nitrogens with two attached hydrogens (primary N) is 1. The molecule has 2 aromatic heterocycles. The zero-order valence-electron chi connectivity index (χ0n) is 18.5. The molecule has 1 aromatic carbocycles. The minimum Gasteiger partial charge on any atom is -0.383 e. The van der Waals surface area contributed by atoms with Crippen LogP contribution < -0.4 is 16.0 Å². The largest absolute Gasteiger partial charge is 0.416 e. The Morgan fingerprint density at radius 1 is 1.09 bits per heavy atom. The van der Waals surface area contributed by atoms with Gasteiger partial charge in [0.1, 0.15) is 18.0 Å². The van der Waals surface area contributed by atoms with Crippen molar-refractivity contribution in [3.05, 3.63) is 54.1 Å². The van der Waals surface area contributed by atoms with Crippen LogP contribution in [0.2, 0.25) is 0 Å². The van der Waals surface area contributed by atoms with Crippen LogP contribution in [0.1, 0.15) is 17.2 Å². The molecule has 8 nitrogen and oxygen atoms in total. The number of anilines is 2. The van der Waals surface area contributed by atoms with Gasteiger partial charge in [0, 0.05) is 57.6 Å². The van der Waals surface area contributed by atoms with Crippen molar-refractivity contribution >= 4 is 11.6 Å². The standard InChI is InChI=1S/C22H27F3N8/c1-27-12-18(15-3-5-17(6-4-15)22(23,24)25)32-7-9-33(10-8-32)21-19(20(26)28-14-29-21)16-11-30-31(2)13-16/h3-6,11,13-14,18,27H,7-10,12H2,1-2H3,(H2,26,28,29). The minimum atomic E-state index is -4.34. The fraction of sp³-hybridized carbons (Fsp3) is 0.409. The van der Waals surface area contributed by atoms with Gasteiger partial charge >= 0.3 is 6.18 Å². The third kappa shape index (κ3) is 4.93. The van der Waals surface area contributed by atoms with Gasteiger partial charge in [-0.15, -0.1) is 0 Å². The van der Waals surface area contributed by atoms with Gasteiger partial charge in [0.25, 0.3) is 0 Å². The predicted molar refractivity (Wildman–Crippen MR) is 121 cm³/mol. The summed E-state index contributed by atoms with van der Waals surface area (Å²) in [4.78, 5) is 13.1. The molecule has 0 radical (unpaired) electrons. The molecule has 0 amide bonds. The molecule has 3 heterocycles. The maximum Gasteiger partial charge on any atom is 0.416 e. The van der Waals surface area contributed by atoms with Gasteiger partial charge in [-0.1, -0.05) is 12.1 Å². The summed E-state index contributed by atoms with van der Waals surface area (Å²) in [5, 5.41) is 7.40. The molecule has 3 N–H and O–H groups in total. The van der Waals surface area contributed by atoms with Gasteiger partial charge in [-0.25, -0.2) is 9.97 Å². The number of hydrogen-bond acceptors (Lipinski definition) is 7. The Labute approximate surface area is 190 Å². The van der Waals surface area contributed by atoms with E-state index in [1.54, 1.807) is 23.0 Å². The second-order valence-electron chi connectivity index (χ2n) is 8.08. The monoisotopic (exact) mass is 460 g/mol. The van der Waals surface area contributed by atoms with Crippen LogP contribution >= 0.6 is 0 Å². The first-order valence-corrected chi connectivity index (χ1v) is 10.7. The highest BCUT2D eigenvalue weighted by molar-refractivity contribution is 5.83. The van der Waals surface area contributed by atoms with Gasteiger partial charge in [-0.3, -0.25) is 9.58 Å². The summed E-state index contributed by atoms with van der Waals surface area (Å²) in [5.41, 5.74) is 8.02. The van der Waals surface area contributed by atoms with Gasteiger partial charge in [0.2, 0.25) is 0 Å². The highest BCUT2D eigenvalue weighted by Crippen LogP contribution is 2.34. The highest BCUT2D eigenvalue weighted by atomic mass is 19.4. The Kier molecular flexibility index (Phi) is 6.52. The summed E-state index contributed by atoms with van der Waals surface area (Å²) < 4.78 is 40.6. The average Bonchev–Trinajstić information content (AvgIpc) is 3.23. The lowest BCUT2D eigenvalue weighted by Crippen LogP contribution is -2.49. The normalized spacial score (nSPS) is 16.2. The van der Waals surface area contributed by atoms with Crippen molar-refractivity contribution in [2.24, 2.45) is 7.05 Å². The molecule has 1 atom stereocenters. The molecule has 0 aliphatic carbocycles. The van der Waals surface area contributed by atoms with Gasteiger partial charge in [0.15, 0.2) is 0 Å². The van der Waals surface area contributed by atoms with Gasteiger partial charge in [-0.05, 0) is 24.7 Å². The molecule has 0 saturated carbocycles. The van der Waals surface area contributed by atoms with Crippen LogP contribution in [0.15, 0.2) is 43.0 Å². The molecule has 0 spiro atoms. The molecule has 0 bridgehead atoms. The van der Waals surface area contributed by atoms with E-state index < -0.39 is 11.7 Å². The maximum atomic E-state index is 13.0. The van der Waals surface area contributed by atoms with Crippen LogP contribution in [0.5, 0.6) is 0 Å². The number of hydrogen-bond donors (Lipinski definition) is 2. The number of benzene rings is 1. The number of alkyl halides is 3. The van der Waals surface area contributed by atoms with E-state index in [-0.39, 0.29) is 6.04 Å². The van der Waals surface area contributed by atoms with E-state index in [1.165, 1.54) is 6.33 Å². The summed E-state index contributed by atoms with van der Waals surface area (Å²) in [5.74, 6) is 1.16. The minimum absolute atomic E-state index is 0.0345.